The van der Waals surface area contributed by atoms with Crippen LogP contribution in [0.4, 0.5) is 0 Å². The van der Waals surface area contributed by atoms with Gasteiger partial charge in [-0.2, -0.15) is 125 Å². The van der Waals surface area contributed by atoms with Crippen LogP contribution >= 0.6 is 70.6 Å². The number of rotatable bonds is 39. The van der Waals surface area contributed by atoms with Crippen molar-refractivity contribution in [3.05, 3.63) is 221 Å². The fourth-order valence-corrected chi connectivity index (χ4v) is 20.5. The maximum absolute atomic E-state index is 6.10. The van der Waals surface area contributed by atoms with E-state index in [1.54, 1.807) is 91.9 Å². The van der Waals surface area contributed by atoms with Crippen molar-refractivity contribution in [2.24, 2.45) is 17.8 Å². The smallest absolute Gasteiger partial charge is 0.124 e. The summed E-state index contributed by atoms with van der Waals surface area (Å²) >= 11 is 75.7. The van der Waals surface area contributed by atoms with Crippen LogP contribution in [0.15, 0.2) is 171 Å². The molecule has 0 amide bonds. The average Bonchev–Trinajstić information content (AvgIpc) is 0.781. The molecule has 6 nitrogen and oxygen atoms in total. The van der Waals surface area contributed by atoms with Crippen LogP contribution in [-0.2, 0) is 231 Å². The van der Waals surface area contributed by atoms with Gasteiger partial charge in [0.25, 0.3) is 0 Å². The van der Waals surface area contributed by atoms with E-state index in [0.717, 1.165) is 112 Å². The Morgan fingerprint density at radius 1 is 0.285 bits per heavy atom. The molecule has 0 aromatic heterocycles. The summed E-state index contributed by atoms with van der Waals surface area (Å²) in [4.78, 5) is 4.00. The van der Waals surface area contributed by atoms with Crippen molar-refractivity contribution in [1.29, 1.82) is 0 Å². The molecule has 6 aromatic carbocycles. The molecule has 0 bridgehead atoms. The fraction of sp³-hybridized carbons (Fsp3) is 0.500. The van der Waals surface area contributed by atoms with Gasteiger partial charge in [0, 0.05) is 119 Å². The van der Waals surface area contributed by atoms with Gasteiger partial charge >= 0.3 is 0 Å². The largest absolute Gasteiger partial charge is 0.781 e. The second kappa shape index (κ2) is 67.4. The van der Waals surface area contributed by atoms with Crippen molar-refractivity contribution in [3.8, 4) is 17.2 Å². The SMILES string of the molecule is CC(C)SC([S-])=C([S-])SC(C)C.CC(C)SC([S-])=C([S-])SC(C)C.CC(C)SC([S-])=C([S-])SC(C)C.COCC(C)(C)c1ccc(OCCC(C)C)c(C([S-])=C([S-])c2ccccc2)c1.COCC(C)(C)c1ccc(OCCC(C)C)c(C([S-])=C([S-])c2ccccc2)c1.COCC(C)(C)c1ccc(OCCC(C)C)cc1C([S-])=C([S-])c1ccccc1.[Ni].[Ni].[Ni]. The van der Waals surface area contributed by atoms with Gasteiger partial charge in [0.15, 0.2) is 0 Å². The Morgan fingerprint density at radius 3 is 0.772 bits per heavy atom. The molecule has 702 valence electrons. The molecule has 0 aliphatic rings. The third-order valence-corrected chi connectivity index (χ3v) is 29.5. The molecule has 0 heterocycles. The van der Waals surface area contributed by atoms with E-state index in [1.807, 2.05) is 115 Å². The van der Waals surface area contributed by atoms with Crippen LogP contribution in [0.3, 0.4) is 0 Å². The van der Waals surface area contributed by atoms with Crippen LogP contribution in [0.1, 0.15) is 236 Å². The minimum atomic E-state index is -0.198. The van der Waals surface area contributed by atoms with Crippen molar-refractivity contribution >= 4 is 252 Å². The number of ether oxygens (including phenoxy) is 6. The van der Waals surface area contributed by atoms with Crippen LogP contribution in [0.25, 0.3) is 29.4 Å². The Bertz CT molecular complexity index is 3850. The van der Waals surface area contributed by atoms with Gasteiger partial charge in [-0.05, 0) is 123 Å². The van der Waals surface area contributed by atoms with Gasteiger partial charge < -0.3 is 180 Å². The molecule has 0 fully saturated rings. The molecule has 0 N–H and O–H groups in total. The molecule has 0 saturated heterocycles. The van der Waals surface area contributed by atoms with Crippen molar-refractivity contribution in [3.63, 3.8) is 0 Å². The van der Waals surface area contributed by atoms with Crippen LogP contribution in [-0.4, -0.2) is 92.5 Å². The molecule has 0 aliphatic heterocycles. The fourth-order valence-electron chi connectivity index (χ4n) is 10.6. The number of hydrogen-bond donors (Lipinski definition) is 0. The summed E-state index contributed by atoms with van der Waals surface area (Å²) in [6.07, 6.45) is 3.00. The van der Waals surface area contributed by atoms with Crippen LogP contribution < -0.4 is 14.2 Å². The van der Waals surface area contributed by atoms with E-state index in [0.29, 0.717) is 118 Å². The number of hydrogen-bond acceptors (Lipinski definition) is 24. The van der Waals surface area contributed by atoms with Gasteiger partial charge in [0.05, 0.1) is 39.6 Å². The zero-order valence-electron chi connectivity index (χ0n) is 76.7. The molecule has 6 aromatic rings. The first-order chi connectivity index (χ1) is 56.1. The van der Waals surface area contributed by atoms with E-state index in [1.165, 1.54) is 0 Å². The van der Waals surface area contributed by atoms with E-state index >= 15 is 0 Å². The normalized spacial score (nSPS) is 12.8. The molecule has 0 saturated carbocycles. The molecule has 0 radical (unpaired) electrons. The Morgan fingerprint density at radius 2 is 0.528 bits per heavy atom. The summed E-state index contributed by atoms with van der Waals surface area (Å²) < 4.78 is 39.7. The Labute approximate surface area is 869 Å². The first kappa shape index (κ1) is 126. The first-order valence-electron chi connectivity index (χ1n) is 40.5. The second-order valence-corrected chi connectivity index (χ2v) is 48.9. The standard InChI is InChI=1S/3C24H32O2S2.3C8H16S4.3Ni/c1-17(2)13-14-26-19-11-12-21(24(3,4)16-25-5)20(15-19)23(28)22(27)18-9-7-6-8-10-18;2*1-17(2)13-14-26-21-12-11-19(24(3,4)16-25-5)15-20(21)23(28)22(27)18-9-7-6-8-10-18;3*1-5(2)11-7(9)8(10)12-6(3)4;;;/h3*6-12,15,17,27-28H,13-14,16H2,1-5H3;3*5-6,9-10H,1-4H3;;;/p-12. The average molecular weight is 2140 g/mol. The van der Waals surface area contributed by atoms with E-state index in [-0.39, 0.29) is 65.7 Å². The van der Waals surface area contributed by atoms with Crippen molar-refractivity contribution < 1.29 is 77.9 Å². The molecule has 0 spiro atoms. The third kappa shape index (κ3) is 51.9. The molecular weight excluding hydrogens is 2000 g/mol. The van der Waals surface area contributed by atoms with E-state index in [9.17, 15) is 0 Å². The summed E-state index contributed by atoms with van der Waals surface area (Å²) in [6.45, 7) is 55.4. The van der Waals surface area contributed by atoms with E-state index in [2.05, 4.69) is 197 Å². The van der Waals surface area contributed by atoms with Crippen molar-refractivity contribution in [2.45, 2.75) is 233 Å². The monoisotopic (exact) mass is 2130 g/mol. The third-order valence-electron chi connectivity index (χ3n) is 16.6. The number of thioether (sulfide) groups is 6. The van der Waals surface area contributed by atoms with Crippen LogP contribution in [0, 0.1) is 17.8 Å². The van der Waals surface area contributed by atoms with Gasteiger partial charge in [-0.1, -0.05) is 275 Å². The Balaban J connectivity index is -0.00000146. The van der Waals surface area contributed by atoms with Gasteiger partial charge in [-0.15, -0.1) is 0 Å². The van der Waals surface area contributed by atoms with E-state index in [4.69, 9.17) is 180 Å². The van der Waals surface area contributed by atoms with E-state index < -0.39 is 0 Å². The quantitative estimate of drug-likeness (QED) is 0.0209. The second-order valence-electron chi connectivity index (χ2n) is 33.0. The summed E-state index contributed by atoms with van der Waals surface area (Å²) in [5, 5.41) is 3.18. The summed E-state index contributed by atoms with van der Waals surface area (Å²) in [5.74, 6) is 4.18. The van der Waals surface area contributed by atoms with Crippen LogP contribution in [0.2, 0.25) is 0 Å². The molecule has 123 heavy (non-hydrogen) atoms. The van der Waals surface area contributed by atoms with Crippen LogP contribution in [0.5, 0.6) is 17.2 Å². The van der Waals surface area contributed by atoms with Gasteiger partial charge in [0.1, 0.15) is 17.2 Å². The number of benzene rings is 6. The van der Waals surface area contributed by atoms with Crippen molar-refractivity contribution in [1.82, 2.24) is 0 Å². The molecule has 0 aliphatic carbocycles. The molecular formula is C96H132Ni3O6S18-12. The van der Waals surface area contributed by atoms with Crippen molar-refractivity contribution in [2.75, 3.05) is 61.0 Å². The molecule has 0 atom stereocenters. The predicted molar refractivity (Wildman–Crippen MR) is 574 cm³/mol. The molecule has 6 rings (SSSR count). The molecule has 27 heteroatoms. The number of methoxy groups -OCH3 is 3. The van der Waals surface area contributed by atoms with Gasteiger partial charge in [0.2, 0.25) is 0 Å². The topological polar surface area (TPSA) is 55.4 Å². The zero-order chi connectivity index (χ0) is 91.4. The Kier molecular flexibility index (Phi) is 69.3. The summed E-state index contributed by atoms with van der Waals surface area (Å²) in [7, 11) is 5.17. The minimum absolute atomic E-state index is 0. The predicted octanol–water partition coefficient (Wildman–Crippen LogP) is 28.3. The molecule has 0 unspecified atom stereocenters. The minimum Gasteiger partial charge on any atom is -0.781 e. The zero-order valence-corrected chi connectivity index (χ0v) is 94.3. The first-order valence-corrected chi connectivity index (χ1v) is 50.7. The summed E-state index contributed by atoms with van der Waals surface area (Å²) in [5.41, 5.74) is 8.55. The van der Waals surface area contributed by atoms with Gasteiger partial charge in [-0.3, -0.25) is 0 Å². The summed E-state index contributed by atoms with van der Waals surface area (Å²) in [6, 6.07) is 48.4. The maximum Gasteiger partial charge on any atom is 0.124 e. The Hall–Kier alpha value is -0.739. The maximum atomic E-state index is 6.10. The van der Waals surface area contributed by atoms with Gasteiger partial charge in [-0.25, -0.2) is 0 Å².